The van der Waals surface area contributed by atoms with Crippen LogP contribution in [-0.2, 0) is 19.2 Å². The molecule has 2 aliphatic heterocycles. The molecule has 0 bridgehead atoms. The third-order valence-corrected chi connectivity index (χ3v) is 11.8. The SMILES string of the molecule is CCCCCCCCCCCCCCCC=CCC1CC(=O)N(CCNCCN2C(=O)CC(CC=CCCCCCCCCCCCCCCC)C2=O)C1=O. The van der Waals surface area contributed by atoms with E-state index in [2.05, 4.69) is 43.5 Å². The van der Waals surface area contributed by atoms with Crippen molar-refractivity contribution in [1.29, 1.82) is 0 Å². The van der Waals surface area contributed by atoms with Crippen LogP contribution in [0.25, 0.3) is 0 Å². The van der Waals surface area contributed by atoms with Gasteiger partial charge in [-0.2, -0.15) is 0 Å². The number of hydrogen-bond donors (Lipinski definition) is 1. The van der Waals surface area contributed by atoms with Crippen LogP contribution in [0.3, 0.4) is 0 Å². The van der Waals surface area contributed by atoms with Crippen LogP contribution >= 0.6 is 0 Å². The summed E-state index contributed by atoms with van der Waals surface area (Å²) >= 11 is 0. The van der Waals surface area contributed by atoms with Gasteiger partial charge in [0.05, 0.1) is 11.8 Å². The number of rotatable bonds is 38. The molecular weight excluding hydrogens is 683 g/mol. The second kappa shape index (κ2) is 33.8. The molecule has 2 fully saturated rings. The van der Waals surface area contributed by atoms with E-state index in [0.717, 1.165) is 12.8 Å². The van der Waals surface area contributed by atoms with Crippen LogP contribution in [0, 0.1) is 11.8 Å². The van der Waals surface area contributed by atoms with E-state index in [0.29, 0.717) is 39.0 Å². The van der Waals surface area contributed by atoms with Crippen molar-refractivity contribution in [3.8, 4) is 0 Å². The lowest BCUT2D eigenvalue weighted by Gasteiger charge is -2.17. The van der Waals surface area contributed by atoms with Crippen molar-refractivity contribution in [3.05, 3.63) is 24.3 Å². The molecule has 0 aromatic heterocycles. The van der Waals surface area contributed by atoms with Gasteiger partial charge < -0.3 is 5.32 Å². The minimum absolute atomic E-state index is 0.0766. The summed E-state index contributed by atoms with van der Waals surface area (Å²) in [5.41, 5.74) is 0. The second-order valence-electron chi connectivity index (χ2n) is 16.8. The smallest absolute Gasteiger partial charge is 0.233 e. The Balaban J connectivity index is 1.44. The predicted molar refractivity (Wildman–Crippen MR) is 231 cm³/mol. The number of carbonyl (C=O) groups excluding carboxylic acids is 4. The van der Waals surface area contributed by atoms with Gasteiger partial charge in [0, 0.05) is 39.0 Å². The van der Waals surface area contributed by atoms with Gasteiger partial charge in [-0.15, -0.1) is 0 Å². The standard InChI is InChI=1S/C48H85N3O4/c1-3-5-7-9-11-13-15-17-19-21-23-25-27-29-31-33-35-43-41-45(52)50(47(43)54)39-37-49-38-40-51-46(53)42-44(48(51)55)36-34-32-30-28-26-24-22-20-18-16-14-12-10-8-6-4-2/h31-34,43-44,49H,3-30,35-42H2,1-2H3. The number of amides is 4. The Hall–Kier alpha value is -2.28. The first kappa shape index (κ1) is 48.9. The molecule has 55 heavy (non-hydrogen) atoms. The molecule has 0 aliphatic carbocycles. The number of nitrogens with zero attached hydrogens (tertiary/aromatic N) is 2. The van der Waals surface area contributed by atoms with Crippen LogP contribution in [0.2, 0.25) is 0 Å². The van der Waals surface area contributed by atoms with Gasteiger partial charge >= 0.3 is 0 Å². The quantitative estimate of drug-likeness (QED) is 0.0384. The number of unbranched alkanes of at least 4 members (excludes halogenated alkanes) is 26. The average molecular weight is 768 g/mol. The highest BCUT2D eigenvalue weighted by Gasteiger charge is 2.38. The van der Waals surface area contributed by atoms with E-state index in [1.54, 1.807) is 0 Å². The molecule has 2 atom stereocenters. The summed E-state index contributed by atoms with van der Waals surface area (Å²) in [5.74, 6) is -0.862. The van der Waals surface area contributed by atoms with Gasteiger partial charge in [0.15, 0.2) is 0 Å². The molecule has 2 heterocycles. The topological polar surface area (TPSA) is 86.8 Å². The lowest BCUT2D eigenvalue weighted by atomic mass is 10.0. The molecule has 0 aromatic carbocycles. The van der Waals surface area contributed by atoms with Gasteiger partial charge in [-0.25, -0.2) is 0 Å². The molecule has 0 radical (unpaired) electrons. The van der Waals surface area contributed by atoms with Gasteiger partial charge in [0.1, 0.15) is 0 Å². The summed E-state index contributed by atoms with van der Waals surface area (Å²) in [6.07, 6.45) is 47.7. The fraction of sp³-hybridized carbons (Fsp3) is 0.833. The van der Waals surface area contributed by atoms with Crippen molar-refractivity contribution in [1.82, 2.24) is 15.1 Å². The van der Waals surface area contributed by atoms with Crippen molar-refractivity contribution in [2.75, 3.05) is 26.2 Å². The zero-order valence-corrected chi connectivity index (χ0v) is 35.9. The third-order valence-electron chi connectivity index (χ3n) is 11.8. The Bertz CT molecular complexity index is 989. The van der Waals surface area contributed by atoms with Crippen LogP contribution in [0.1, 0.15) is 219 Å². The number of nitrogens with one attached hydrogen (secondary N) is 1. The van der Waals surface area contributed by atoms with Crippen molar-refractivity contribution >= 4 is 23.6 Å². The molecule has 1 N–H and O–H groups in total. The highest BCUT2D eigenvalue weighted by Crippen LogP contribution is 2.24. The first-order valence-electron chi connectivity index (χ1n) is 23.7. The zero-order valence-electron chi connectivity index (χ0n) is 35.9. The van der Waals surface area contributed by atoms with Gasteiger partial charge in [0.2, 0.25) is 23.6 Å². The van der Waals surface area contributed by atoms with E-state index in [4.69, 9.17) is 0 Å². The minimum atomic E-state index is -0.254. The molecule has 2 saturated heterocycles. The van der Waals surface area contributed by atoms with Crippen molar-refractivity contribution in [2.45, 2.75) is 219 Å². The lowest BCUT2D eigenvalue weighted by molar-refractivity contribution is -0.140. The summed E-state index contributed by atoms with van der Waals surface area (Å²) in [6, 6.07) is 0. The molecule has 2 rings (SSSR count). The predicted octanol–water partition coefficient (Wildman–Crippen LogP) is 12.2. The molecule has 0 spiro atoms. The van der Waals surface area contributed by atoms with Crippen LogP contribution in [-0.4, -0.2) is 59.6 Å². The maximum atomic E-state index is 12.9. The molecule has 4 amide bonds. The van der Waals surface area contributed by atoms with Crippen LogP contribution in [0.5, 0.6) is 0 Å². The number of likely N-dealkylation sites (tertiary alicyclic amines) is 2. The third kappa shape index (κ3) is 23.5. The fourth-order valence-electron chi connectivity index (χ4n) is 8.16. The highest BCUT2D eigenvalue weighted by atomic mass is 16.2. The molecule has 0 saturated carbocycles. The van der Waals surface area contributed by atoms with E-state index in [1.165, 1.54) is 177 Å². The molecule has 7 nitrogen and oxygen atoms in total. The second-order valence-corrected chi connectivity index (χ2v) is 16.8. The summed E-state index contributed by atoms with van der Waals surface area (Å²) in [5, 5.41) is 3.23. The Kier molecular flexibility index (Phi) is 30.1. The van der Waals surface area contributed by atoms with E-state index in [9.17, 15) is 19.2 Å². The van der Waals surface area contributed by atoms with E-state index in [1.807, 2.05) is 0 Å². The zero-order chi connectivity index (χ0) is 39.6. The van der Waals surface area contributed by atoms with Crippen LogP contribution < -0.4 is 5.32 Å². The normalized spacial score (nSPS) is 17.8. The fourth-order valence-corrected chi connectivity index (χ4v) is 8.16. The molecule has 2 aliphatic rings. The van der Waals surface area contributed by atoms with Crippen molar-refractivity contribution < 1.29 is 19.2 Å². The van der Waals surface area contributed by atoms with Crippen LogP contribution in [0.15, 0.2) is 24.3 Å². The number of allylic oxidation sites excluding steroid dienone is 4. The van der Waals surface area contributed by atoms with E-state index in [-0.39, 0.29) is 48.3 Å². The molecule has 0 aromatic rings. The summed E-state index contributed by atoms with van der Waals surface area (Å²) in [6.45, 7) is 6.11. The van der Waals surface area contributed by atoms with Gasteiger partial charge in [-0.1, -0.05) is 192 Å². The maximum Gasteiger partial charge on any atom is 0.233 e. The van der Waals surface area contributed by atoms with Crippen LogP contribution in [0.4, 0.5) is 0 Å². The van der Waals surface area contributed by atoms with Gasteiger partial charge in [0.25, 0.3) is 0 Å². The largest absolute Gasteiger partial charge is 0.313 e. The summed E-state index contributed by atoms with van der Waals surface area (Å²) in [7, 11) is 0. The minimum Gasteiger partial charge on any atom is -0.313 e. The molecule has 2 unspecified atom stereocenters. The van der Waals surface area contributed by atoms with Gasteiger partial charge in [-0.3, -0.25) is 29.0 Å². The number of carbonyl (C=O) groups is 4. The number of hydrogen-bond acceptors (Lipinski definition) is 5. The molecule has 316 valence electrons. The molecular formula is C48H85N3O4. The Morgan fingerprint density at radius 2 is 0.727 bits per heavy atom. The number of imide groups is 2. The highest BCUT2D eigenvalue weighted by molar-refractivity contribution is 6.04. The first-order valence-corrected chi connectivity index (χ1v) is 23.7. The maximum absolute atomic E-state index is 12.9. The Morgan fingerprint density at radius 1 is 0.436 bits per heavy atom. The van der Waals surface area contributed by atoms with Crippen molar-refractivity contribution in [3.63, 3.8) is 0 Å². The summed E-state index contributed by atoms with van der Waals surface area (Å²) < 4.78 is 0. The van der Waals surface area contributed by atoms with Crippen molar-refractivity contribution in [2.24, 2.45) is 11.8 Å². The Labute approximate surface area is 338 Å². The Morgan fingerprint density at radius 3 is 1.04 bits per heavy atom. The van der Waals surface area contributed by atoms with E-state index < -0.39 is 0 Å². The molecule has 7 heteroatoms. The van der Waals surface area contributed by atoms with Gasteiger partial charge in [-0.05, 0) is 38.5 Å². The summed E-state index contributed by atoms with van der Waals surface area (Å²) in [4.78, 5) is 53.7. The first-order chi connectivity index (χ1) is 27.0. The monoisotopic (exact) mass is 768 g/mol. The lowest BCUT2D eigenvalue weighted by Crippen LogP contribution is -2.40. The van der Waals surface area contributed by atoms with E-state index >= 15 is 0 Å². The average Bonchev–Trinajstić information content (AvgIpc) is 3.61.